The number of anilines is 1. The summed E-state index contributed by atoms with van der Waals surface area (Å²) in [6, 6.07) is 5.25. The van der Waals surface area contributed by atoms with E-state index in [1.807, 2.05) is 0 Å². The molecule has 0 aliphatic carbocycles. The van der Waals surface area contributed by atoms with Gasteiger partial charge in [0.05, 0.1) is 12.8 Å². The zero-order valence-corrected chi connectivity index (χ0v) is 12.2. The Morgan fingerprint density at radius 1 is 1.26 bits per heavy atom. The van der Waals surface area contributed by atoms with Crippen LogP contribution in [0.5, 0.6) is 16.7 Å². The molecule has 0 aliphatic rings. The number of ether oxygens (including phenoxy) is 2. The Labute approximate surface area is 116 Å². The fraction of sp³-hybridized carbons (Fsp3) is 0.385. The predicted octanol–water partition coefficient (Wildman–Crippen LogP) is 3.22. The summed E-state index contributed by atoms with van der Waals surface area (Å²) in [4.78, 5) is 4.36. The van der Waals surface area contributed by atoms with Crippen LogP contribution in [0.1, 0.15) is 26.6 Å². The SMILES string of the molecule is COc1ccc(Oc2nc(C(C)(C)C)ns2)cc1N. The number of nitrogen functional groups attached to an aromatic ring is 1. The first kappa shape index (κ1) is 13.6. The number of methoxy groups -OCH3 is 1. The summed E-state index contributed by atoms with van der Waals surface area (Å²) in [5.41, 5.74) is 6.26. The first-order chi connectivity index (χ1) is 8.90. The second-order valence-corrected chi connectivity index (χ2v) is 5.85. The van der Waals surface area contributed by atoms with Gasteiger partial charge < -0.3 is 15.2 Å². The standard InChI is InChI=1S/C13H17N3O2S/c1-13(2,3)11-15-12(19-16-11)18-8-5-6-10(17-4)9(14)7-8/h5-7H,14H2,1-4H3. The molecule has 0 aliphatic heterocycles. The molecule has 19 heavy (non-hydrogen) atoms. The second-order valence-electron chi connectivity index (χ2n) is 5.14. The molecule has 102 valence electrons. The van der Waals surface area contributed by atoms with Gasteiger partial charge in [0.15, 0.2) is 5.82 Å². The maximum atomic E-state index is 5.82. The molecular weight excluding hydrogens is 262 g/mol. The van der Waals surface area contributed by atoms with E-state index in [2.05, 4.69) is 30.1 Å². The van der Waals surface area contributed by atoms with E-state index in [-0.39, 0.29) is 5.41 Å². The zero-order valence-electron chi connectivity index (χ0n) is 11.4. The van der Waals surface area contributed by atoms with E-state index < -0.39 is 0 Å². The van der Waals surface area contributed by atoms with Gasteiger partial charge in [-0.2, -0.15) is 9.36 Å². The first-order valence-corrected chi connectivity index (χ1v) is 6.63. The highest BCUT2D eigenvalue weighted by Crippen LogP contribution is 2.31. The van der Waals surface area contributed by atoms with Crippen LogP contribution in [0.15, 0.2) is 18.2 Å². The van der Waals surface area contributed by atoms with E-state index in [0.717, 1.165) is 5.82 Å². The number of hydrogen-bond donors (Lipinski definition) is 1. The summed E-state index contributed by atoms with van der Waals surface area (Å²) in [5, 5.41) is 0.509. The van der Waals surface area contributed by atoms with Crippen LogP contribution in [0, 0.1) is 0 Å². The lowest BCUT2D eigenvalue weighted by atomic mass is 9.96. The molecule has 1 heterocycles. The van der Waals surface area contributed by atoms with E-state index in [9.17, 15) is 0 Å². The van der Waals surface area contributed by atoms with Crippen molar-refractivity contribution < 1.29 is 9.47 Å². The third-order valence-corrected chi connectivity index (χ3v) is 3.08. The van der Waals surface area contributed by atoms with Crippen molar-refractivity contribution in [1.82, 2.24) is 9.36 Å². The van der Waals surface area contributed by atoms with Crippen LogP contribution in [0.25, 0.3) is 0 Å². The molecule has 0 radical (unpaired) electrons. The van der Waals surface area contributed by atoms with E-state index in [1.54, 1.807) is 25.3 Å². The Kier molecular flexibility index (Phi) is 3.61. The fourth-order valence-electron chi connectivity index (χ4n) is 1.43. The molecule has 0 fully saturated rings. The predicted molar refractivity (Wildman–Crippen MR) is 76.1 cm³/mol. The number of aromatic nitrogens is 2. The van der Waals surface area contributed by atoms with Gasteiger partial charge in [-0.25, -0.2) is 0 Å². The van der Waals surface area contributed by atoms with Gasteiger partial charge in [0.25, 0.3) is 5.19 Å². The van der Waals surface area contributed by atoms with Crippen LogP contribution >= 0.6 is 11.5 Å². The summed E-state index contributed by atoms with van der Waals surface area (Å²) in [6.45, 7) is 6.18. The third kappa shape index (κ3) is 3.14. The van der Waals surface area contributed by atoms with Crippen molar-refractivity contribution >= 4 is 17.2 Å². The van der Waals surface area contributed by atoms with Crippen LogP contribution in [-0.2, 0) is 5.41 Å². The molecule has 0 saturated carbocycles. The first-order valence-electron chi connectivity index (χ1n) is 5.85. The van der Waals surface area contributed by atoms with Crippen molar-refractivity contribution in [3.05, 3.63) is 24.0 Å². The van der Waals surface area contributed by atoms with Gasteiger partial charge in [-0.15, -0.1) is 0 Å². The highest BCUT2D eigenvalue weighted by atomic mass is 32.1. The lowest BCUT2D eigenvalue weighted by Gasteiger charge is -2.12. The molecule has 2 aromatic rings. The fourth-order valence-corrected chi connectivity index (χ4v) is 2.17. The van der Waals surface area contributed by atoms with Crippen molar-refractivity contribution in [3.8, 4) is 16.7 Å². The molecule has 5 nitrogen and oxygen atoms in total. The minimum absolute atomic E-state index is 0.0863. The molecule has 2 N–H and O–H groups in total. The summed E-state index contributed by atoms with van der Waals surface area (Å²) >= 11 is 1.23. The Morgan fingerprint density at radius 3 is 2.53 bits per heavy atom. The van der Waals surface area contributed by atoms with Crippen LogP contribution < -0.4 is 15.2 Å². The minimum Gasteiger partial charge on any atom is -0.495 e. The number of nitrogens with two attached hydrogens (primary N) is 1. The Bertz CT molecular complexity index is 576. The normalized spacial score (nSPS) is 11.4. The molecule has 0 bridgehead atoms. The largest absolute Gasteiger partial charge is 0.495 e. The quantitative estimate of drug-likeness (QED) is 0.873. The van der Waals surface area contributed by atoms with E-state index in [1.165, 1.54) is 11.5 Å². The number of hydrogen-bond acceptors (Lipinski definition) is 6. The van der Waals surface area contributed by atoms with Gasteiger partial charge in [-0.1, -0.05) is 20.8 Å². The van der Waals surface area contributed by atoms with Crippen molar-refractivity contribution in [2.45, 2.75) is 26.2 Å². The molecule has 2 rings (SSSR count). The van der Waals surface area contributed by atoms with Crippen LogP contribution in [0.3, 0.4) is 0 Å². The number of nitrogens with zero attached hydrogens (tertiary/aromatic N) is 2. The second kappa shape index (κ2) is 5.05. The molecule has 0 atom stereocenters. The number of rotatable bonds is 3. The smallest absolute Gasteiger partial charge is 0.298 e. The minimum atomic E-state index is -0.0863. The average molecular weight is 279 g/mol. The van der Waals surface area contributed by atoms with E-state index >= 15 is 0 Å². The molecular formula is C13H17N3O2S. The lowest BCUT2D eigenvalue weighted by molar-refractivity contribution is 0.415. The monoisotopic (exact) mass is 279 g/mol. The molecule has 6 heteroatoms. The summed E-state index contributed by atoms with van der Waals surface area (Å²) < 4.78 is 15.0. The molecule has 0 saturated heterocycles. The molecule has 0 unspecified atom stereocenters. The van der Waals surface area contributed by atoms with Gasteiger partial charge in [-0.3, -0.25) is 0 Å². The third-order valence-electron chi connectivity index (χ3n) is 2.48. The van der Waals surface area contributed by atoms with Gasteiger partial charge in [0.1, 0.15) is 11.5 Å². The van der Waals surface area contributed by atoms with Crippen molar-refractivity contribution in [3.63, 3.8) is 0 Å². The van der Waals surface area contributed by atoms with E-state index in [0.29, 0.717) is 22.4 Å². The van der Waals surface area contributed by atoms with Crippen molar-refractivity contribution in [2.24, 2.45) is 0 Å². The zero-order chi connectivity index (χ0) is 14.0. The molecule has 1 aromatic carbocycles. The van der Waals surface area contributed by atoms with Crippen LogP contribution in [0.2, 0.25) is 0 Å². The van der Waals surface area contributed by atoms with Crippen LogP contribution in [0.4, 0.5) is 5.69 Å². The van der Waals surface area contributed by atoms with Gasteiger partial charge >= 0.3 is 0 Å². The Hall–Kier alpha value is -1.82. The number of benzene rings is 1. The van der Waals surface area contributed by atoms with Crippen molar-refractivity contribution in [2.75, 3.05) is 12.8 Å². The van der Waals surface area contributed by atoms with Crippen molar-refractivity contribution in [1.29, 1.82) is 0 Å². The summed E-state index contributed by atoms with van der Waals surface area (Å²) in [7, 11) is 1.58. The van der Waals surface area contributed by atoms with Crippen LogP contribution in [-0.4, -0.2) is 16.5 Å². The maximum Gasteiger partial charge on any atom is 0.298 e. The summed E-state index contributed by atoms with van der Waals surface area (Å²) in [6.07, 6.45) is 0. The topological polar surface area (TPSA) is 70.3 Å². The Balaban J connectivity index is 2.17. The van der Waals surface area contributed by atoms with Gasteiger partial charge in [0.2, 0.25) is 0 Å². The average Bonchev–Trinajstić information content (AvgIpc) is 2.77. The van der Waals surface area contributed by atoms with Gasteiger partial charge in [0, 0.05) is 23.0 Å². The lowest BCUT2D eigenvalue weighted by Crippen LogP contribution is -2.12. The van der Waals surface area contributed by atoms with E-state index in [4.69, 9.17) is 15.2 Å². The Morgan fingerprint density at radius 2 is 2.00 bits per heavy atom. The maximum absolute atomic E-state index is 5.82. The highest BCUT2D eigenvalue weighted by Gasteiger charge is 2.20. The highest BCUT2D eigenvalue weighted by molar-refractivity contribution is 7.07. The van der Waals surface area contributed by atoms with Gasteiger partial charge in [-0.05, 0) is 12.1 Å². The molecule has 1 aromatic heterocycles. The molecule has 0 amide bonds. The summed E-state index contributed by atoms with van der Waals surface area (Å²) in [5.74, 6) is 2.02. The molecule has 0 spiro atoms.